The van der Waals surface area contributed by atoms with Crippen LogP contribution < -0.4 is 5.32 Å². The van der Waals surface area contributed by atoms with Crippen LogP contribution in [0.25, 0.3) is 0 Å². The molecule has 0 radical (unpaired) electrons. The lowest BCUT2D eigenvalue weighted by molar-refractivity contribution is 0.271. The Balaban J connectivity index is 2.81. The Labute approximate surface area is 106 Å². The number of hydrogen-bond acceptors (Lipinski definition) is 3. The number of hydrogen-bond donors (Lipinski definition) is 1. The van der Waals surface area contributed by atoms with Gasteiger partial charge in [0.05, 0.1) is 5.75 Å². The van der Waals surface area contributed by atoms with E-state index in [0.29, 0.717) is 18.2 Å². The summed E-state index contributed by atoms with van der Waals surface area (Å²) in [7, 11) is -3.07. The fraction of sp³-hybridized carbons (Fsp3) is 1.00. The molecule has 1 fully saturated rings. The molecule has 0 aromatic rings. The van der Waals surface area contributed by atoms with E-state index in [4.69, 9.17) is 0 Å². The highest BCUT2D eigenvalue weighted by molar-refractivity contribution is 7.89. The molecule has 17 heavy (non-hydrogen) atoms. The van der Waals surface area contributed by atoms with Gasteiger partial charge in [-0.3, -0.25) is 0 Å². The van der Waals surface area contributed by atoms with Gasteiger partial charge in [0.25, 0.3) is 0 Å². The highest BCUT2D eigenvalue weighted by atomic mass is 32.2. The first-order valence-corrected chi connectivity index (χ1v) is 8.30. The predicted octanol–water partition coefficient (Wildman–Crippen LogP) is 1.44. The van der Waals surface area contributed by atoms with Gasteiger partial charge < -0.3 is 5.32 Å². The zero-order chi connectivity index (χ0) is 12.9. The summed E-state index contributed by atoms with van der Waals surface area (Å²) in [5.41, 5.74) is 0. The first-order chi connectivity index (χ1) is 7.99. The largest absolute Gasteiger partial charge is 0.315 e. The van der Waals surface area contributed by atoms with E-state index in [0.717, 1.165) is 32.4 Å². The van der Waals surface area contributed by atoms with Crippen LogP contribution in [0.15, 0.2) is 0 Å². The van der Waals surface area contributed by atoms with E-state index in [1.807, 2.05) is 6.92 Å². The van der Waals surface area contributed by atoms with E-state index in [-0.39, 0.29) is 6.04 Å². The fourth-order valence-corrected chi connectivity index (χ4v) is 4.26. The van der Waals surface area contributed by atoms with E-state index >= 15 is 0 Å². The molecular formula is C12H26N2O2S. The van der Waals surface area contributed by atoms with Gasteiger partial charge in [-0.25, -0.2) is 8.42 Å². The van der Waals surface area contributed by atoms with Gasteiger partial charge in [-0.15, -0.1) is 0 Å². The summed E-state index contributed by atoms with van der Waals surface area (Å²) in [5, 5.41) is 3.33. The molecule has 1 aliphatic rings. The molecule has 1 heterocycles. The molecule has 1 unspecified atom stereocenters. The molecule has 1 aliphatic heterocycles. The Morgan fingerprint density at radius 1 is 1.41 bits per heavy atom. The third-order valence-corrected chi connectivity index (χ3v) is 5.31. The average Bonchev–Trinajstić information content (AvgIpc) is 2.52. The molecular weight excluding hydrogens is 236 g/mol. The summed E-state index contributed by atoms with van der Waals surface area (Å²) < 4.78 is 26.4. The zero-order valence-corrected chi connectivity index (χ0v) is 12.1. The molecule has 1 N–H and O–H groups in total. The van der Waals surface area contributed by atoms with Crippen molar-refractivity contribution in [3.8, 4) is 0 Å². The minimum absolute atomic E-state index is 0.111. The fourth-order valence-electron chi connectivity index (χ4n) is 2.24. The average molecular weight is 262 g/mol. The van der Waals surface area contributed by atoms with Crippen molar-refractivity contribution in [1.82, 2.24) is 9.62 Å². The topological polar surface area (TPSA) is 49.4 Å². The van der Waals surface area contributed by atoms with E-state index in [2.05, 4.69) is 19.2 Å². The summed E-state index contributed by atoms with van der Waals surface area (Å²) in [6.45, 7) is 8.59. The van der Waals surface area contributed by atoms with Gasteiger partial charge in [-0.05, 0) is 25.3 Å². The minimum Gasteiger partial charge on any atom is -0.315 e. The summed E-state index contributed by atoms with van der Waals surface area (Å²) in [6.07, 6.45) is 2.60. The first kappa shape index (κ1) is 14.9. The van der Waals surface area contributed by atoms with E-state index in [1.54, 1.807) is 4.31 Å². The quantitative estimate of drug-likeness (QED) is 0.815. The monoisotopic (exact) mass is 262 g/mol. The summed E-state index contributed by atoms with van der Waals surface area (Å²) in [4.78, 5) is 0. The van der Waals surface area contributed by atoms with Crippen LogP contribution in [0.1, 0.15) is 40.0 Å². The molecule has 5 heteroatoms. The molecule has 0 amide bonds. The maximum absolute atomic E-state index is 12.3. The lowest BCUT2D eigenvalue weighted by atomic mass is 10.1. The van der Waals surface area contributed by atoms with Crippen LogP contribution >= 0.6 is 0 Å². The second kappa shape index (κ2) is 6.71. The minimum atomic E-state index is -3.07. The van der Waals surface area contributed by atoms with Gasteiger partial charge in [0.1, 0.15) is 0 Å². The molecule has 0 bridgehead atoms. The van der Waals surface area contributed by atoms with Crippen LogP contribution in [-0.2, 0) is 10.0 Å². The smallest absolute Gasteiger partial charge is 0.214 e. The first-order valence-electron chi connectivity index (χ1n) is 6.69. The number of sulfonamides is 1. The van der Waals surface area contributed by atoms with Crippen molar-refractivity contribution in [3.63, 3.8) is 0 Å². The zero-order valence-electron chi connectivity index (χ0n) is 11.3. The molecule has 4 nitrogen and oxygen atoms in total. The SMILES string of the molecule is CCCCS(=O)(=O)N1CCCNCC1C(C)C. The molecule has 0 spiro atoms. The number of rotatable bonds is 5. The van der Waals surface area contributed by atoms with Crippen LogP contribution in [0, 0.1) is 5.92 Å². The molecule has 0 aromatic carbocycles. The lowest BCUT2D eigenvalue weighted by Crippen LogP contribution is -2.47. The highest BCUT2D eigenvalue weighted by Gasteiger charge is 2.32. The molecule has 0 saturated carbocycles. The Bertz CT molecular complexity index is 314. The Hall–Kier alpha value is -0.130. The normalized spacial score (nSPS) is 23.9. The number of nitrogens with zero attached hydrogens (tertiary/aromatic N) is 1. The van der Waals surface area contributed by atoms with Crippen LogP contribution in [0.5, 0.6) is 0 Å². The second-order valence-electron chi connectivity index (χ2n) is 5.15. The second-order valence-corrected chi connectivity index (χ2v) is 7.19. The van der Waals surface area contributed by atoms with Gasteiger partial charge in [0.2, 0.25) is 10.0 Å². The lowest BCUT2D eigenvalue weighted by Gasteiger charge is -2.31. The molecule has 1 saturated heterocycles. The Morgan fingerprint density at radius 2 is 2.12 bits per heavy atom. The molecule has 1 atom stereocenters. The Morgan fingerprint density at radius 3 is 2.71 bits per heavy atom. The van der Waals surface area contributed by atoms with Gasteiger partial charge in [-0.1, -0.05) is 27.2 Å². The number of unbranched alkanes of at least 4 members (excludes halogenated alkanes) is 1. The van der Waals surface area contributed by atoms with Crippen LogP contribution in [0.2, 0.25) is 0 Å². The standard InChI is InChI=1S/C12H26N2O2S/c1-4-5-9-17(15,16)14-8-6-7-13-10-12(14)11(2)3/h11-13H,4-10H2,1-3H3. The van der Waals surface area contributed by atoms with Crippen molar-refractivity contribution in [1.29, 1.82) is 0 Å². The van der Waals surface area contributed by atoms with Gasteiger partial charge in [0, 0.05) is 19.1 Å². The van der Waals surface area contributed by atoms with Gasteiger partial charge in [-0.2, -0.15) is 4.31 Å². The van der Waals surface area contributed by atoms with Crippen LogP contribution in [0.3, 0.4) is 0 Å². The Kier molecular flexibility index (Phi) is 5.89. The van der Waals surface area contributed by atoms with Gasteiger partial charge >= 0.3 is 0 Å². The van der Waals surface area contributed by atoms with Crippen molar-refractivity contribution in [2.45, 2.75) is 46.1 Å². The molecule has 0 aliphatic carbocycles. The van der Waals surface area contributed by atoms with Crippen molar-refractivity contribution in [2.75, 3.05) is 25.4 Å². The third kappa shape index (κ3) is 4.23. The van der Waals surface area contributed by atoms with Crippen molar-refractivity contribution >= 4 is 10.0 Å². The predicted molar refractivity (Wildman–Crippen MR) is 71.5 cm³/mol. The van der Waals surface area contributed by atoms with Crippen LogP contribution in [0.4, 0.5) is 0 Å². The van der Waals surface area contributed by atoms with E-state index in [9.17, 15) is 8.42 Å². The maximum Gasteiger partial charge on any atom is 0.214 e. The summed E-state index contributed by atoms with van der Waals surface area (Å²) >= 11 is 0. The van der Waals surface area contributed by atoms with E-state index < -0.39 is 10.0 Å². The van der Waals surface area contributed by atoms with E-state index in [1.165, 1.54) is 0 Å². The third-order valence-electron chi connectivity index (χ3n) is 3.34. The highest BCUT2D eigenvalue weighted by Crippen LogP contribution is 2.18. The van der Waals surface area contributed by atoms with Gasteiger partial charge in [0.15, 0.2) is 0 Å². The van der Waals surface area contributed by atoms with Crippen molar-refractivity contribution in [2.24, 2.45) is 5.92 Å². The van der Waals surface area contributed by atoms with Crippen molar-refractivity contribution in [3.05, 3.63) is 0 Å². The van der Waals surface area contributed by atoms with Crippen molar-refractivity contribution < 1.29 is 8.42 Å². The molecule has 102 valence electrons. The number of nitrogens with one attached hydrogen (secondary N) is 1. The summed E-state index contributed by atoms with van der Waals surface area (Å²) in [6, 6.07) is 0.111. The van der Waals surface area contributed by atoms with Crippen LogP contribution in [-0.4, -0.2) is 44.2 Å². The molecule has 0 aromatic heterocycles. The summed E-state index contributed by atoms with van der Waals surface area (Å²) in [5.74, 6) is 0.657. The molecule has 1 rings (SSSR count). The maximum atomic E-state index is 12.3.